The Morgan fingerprint density at radius 2 is 1.93 bits per heavy atom. The van der Waals surface area contributed by atoms with Crippen LogP contribution in [0.2, 0.25) is 0 Å². The maximum Gasteiger partial charge on any atom is 0.147 e. The summed E-state index contributed by atoms with van der Waals surface area (Å²) in [6, 6.07) is 6.19. The molecule has 0 saturated heterocycles. The van der Waals surface area contributed by atoms with Gasteiger partial charge < -0.3 is 0 Å². The lowest BCUT2D eigenvalue weighted by atomic mass is 9.97. The Balaban J connectivity index is 3.00. The van der Waals surface area contributed by atoms with Gasteiger partial charge >= 0.3 is 0 Å². The van der Waals surface area contributed by atoms with Gasteiger partial charge in [0.1, 0.15) is 5.78 Å². The minimum Gasteiger partial charge on any atom is -0.298 e. The van der Waals surface area contributed by atoms with Crippen LogP contribution in [0.3, 0.4) is 0 Å². The summed E-state index contributed by atoms with van der Waals surface area (Å²) in [5.41, 5.74) is 3.75. The number of carbonyl (C=O) groups is 1. The van der Waals surface area contributed by atoms with Crippen molar-refractivity contribution in [1.29, 1.82) is 0 Å². The van der Waals surface area contributed by atoms with E-state index in [-0.39, 0.29) is 5.78 Å². The first-order chi connectivity index (χ1) is 7.22. The molecule has 0 N–H and O–H groups in total. The van der Waals surface area contributed by atoms with Gasteiger partial charge in [0.2, 0.25) is 0 Å². The van der Waals surface area contributed by atoms with Crippen LogP contribution in [0.15, 0.2) is 18.2 Å². The van der Waals surface area contributed by atoms with Gasteiger partial charge in [0, 0.05) is 11.8 Å². The number of alkyl halides is 2. The third kappa shape index (κ3) is 3.42. The molecule has 0 bridgehead atoms. The summed E-state index contributed by atoms with van der Waals surface area (Å²) in [6.45, 7) is 2.14. The van der Waals surface area contributed by atoms with Crippen LogP contribution in [0.5, 0.6) is 0 Å². The topological polar surface area (TPSA) is 17.1 Å². The fourth-order valence-electron chi connectivity index (χ4n) is 1.62. The number of aryl methyl sites for hydroxylation is 1. The highest BCUT2D eigenvalue weighted by atomic mass is 79.9. The fraction of sp³-hybridized carbons (Fsp3) is 0.417. The van der Waals surface area contributed by atoms with E-state index >= 15 is 0 Å². The van der Waals surface area contributed by atoms with Gasteiger partial charge in [-0.25, -0.2) is 0 Å². The van der Waals surface area contributed by atoms with Gasteiger partial charge in [-0.15, -0.1) is 0 Å². The maximum absolute atomic E-state index is 11.4. The molecule has 0 aliphatic carbocycles. The molecule has 1 aromatic rings. The number of ketones is 1. The van der Waals surface area contributed by atoms with Crippen LogP contribution in [0.1, 0.15) is 23.6 Å². The zero-order chi connectivity index (χ0) is 11.3. The van der Waals surface area contributed by atoms with Crippen LogP contribution in [-0.4, -0.2) is 11.1 Å². The quantitative estimate of drug-likeness (QED) is 0.752. The van der Waals surface area contributed by atoms with Crippen molar-refractivity contribution >= 4 is 37.6 Å². The number of rotatable bonds is 5. The number of hydrogen-bond donors (Lipinski definition) is 0. The largest absolute Gasteiger partial charge is 0.298 e. The van der Waals surface area contributed by atoms with E-state index in [1.54, 1.807) is 0 Å². The van der Waals surface area contributed by atoms with Crippen molar-refractivity contribution in [2.45, 2.75) is 25.1 Å². The van der Waals surface area contributed by atoms with E-state index in [0.29, 0.717) is 11.8 Å². The van der Waals surface area contributed by atoms with Crippen molar-refractivity contribution in [3.05, 3.63) is 34.9 Å². The lowest BCUT2D eigenvalue weighted by Crippen LogP contribution is -2.07. The molecule has 1 nitrogen and oxygen atoms in total. The molecule has 0 radical (unpaired) electrons. The molecule has 0 aliphatic rings. The second kappa shape index (κ2) is 6.44. The van der Waals surface area contributed by atoms with Crippen LogP contribution in [0, 0.1) is 0 Å². The van der Waals surface area contributed by atoms with Crippen LogP contribution in [-0.2, 0) is 23.0 Å². The van der Waals surface area contributed by atoms with Crippen molar-refractivity contribution in [3.8, 4) is 0 Å². The minimum atomic E-state index is 0.227. The summed E-state index contributed by atoms with van der Waals surface area (Å²) in [5, 5.41) is 1.26. The van der Waals surface area contributed by atoms with Gasteiger partial charge in [0.25, 0.3) is 0 Å². The van der Waals surface area contributed by atoms with Crippen molar-refractivity contribution in [2.75, 3.05) is 5.33 Å². The molecule has 0 fully saturated rings. The molecule has 0 saturated carbocycles. The number of carbonyl (C=O) groups excluding carboxylic acids is 1. The molecule has 1 rings (SSSR count). The van der Waals surface area contributed by atoms with Crippen molar-refractivity contribution < 1.29 is 4.79 Å². The summed E-state index contributed by atoms with van der Waals surface area (Å²) in [5.74, 6) is 0.227. The number of hydrogen-bond acceptors (Lipinski definition) is 1. The van der Waals surface area contributed by atoms with Crippen LogP contribution in [0.25, 0.3) is 0 Å². The van der Waals surface area contributed by atoms with E-state index < -0.39 is 0 Å². The van der Waals surface area contributed by atoms with E-state index in [9.17, 15) is 4.79 Å². The van der Waals surface area contributed by atoms with Crippen molar-refractivity contribution in [1.82, 2.24) is 0 Å². The summed E-state index contributed by atoms with van der Waals surface area (Å²) >= 11 is 6.68. The predicted octanol–water partition coefficient (Wildman–Crippen LogP) is 3.65. The highest BCUT2D eigenvalue weighted by Gasteiger charge is 2.09. The maximum atomic E-state index is 11.4. The van der Waals surface area contributed by atoms with Crippen LogP contribution < -0.4 is 0 Å². The van der Waals surface area contributed by atoms with Gasteiger partial charge in [0.15, 0.2) is 0 Å². The van der Waals surface area contributed by atoms with E-state index in [1.807, 2.05) is 12.1 Å². The molecule has 0 unspecified atom stereocenters. The highest BCUT2D eigenvalue weighted by Crippen LogP contribution is 2.19. The standard InChI is InChI=1S/C12H14Br2O/c1-2-9-4-3-5-10(12(9)8-14)6-11(15)7-13/h3-5H,2,6-8H2,1H3. The molecule has 0 aliphatic heterocycles. The fourth-order valence-corrected chi connectivity index (χ4v) is 2.53. The van der Waals surface area contributed by atoms with E-state index in [0.717, 1.165) is 17.3 Å². The first-order valence-electron chi connectivity index (χ1n) is 4.96. The Kier molecular flexibility index (Phi) is 5.54. The second-order valence-electron chi connectivity index (χ2n) is 3.39. The normalized spacial score (nSPS) is 10.3. The summed E-state index contributed by atoms with van der Waals surface area (Å²) in [4.78, 5) is 11.4. The van der Waals surface area contributed by atoms with Gasteiger partial charge in [-0.3, -0.25) is 4.79 Å². The lowest BCUT2D eigenvalue weighted by Gasteiger charge is -2.10. The Labute approximate surface area is 108 Å². The predicted molar refractivity (Wildman–Crippen MR) is 71.0 cm³/mol. The van der Waals surface area contributed by atoms with Crippen molar-refractivity contribution in [2.24, 2.45) is 0 Å². The summed E-state index contributed by atoms with van der Waals surface area (Å²) in [7, 11) is 0. The third-order valence-corrected chi connectivity index (χ3v) is 3.61. The molecule has 82 valence electrons. The molecule has 0 spiro atoms. The van der Waals surface area contributed by atoms with Gasteiger partial charge in [-0.05, 0) is 23.1 Å². The molecule has 0 aromatic heterocycles. The smallest absolute Gasteiger partial charge is 0.147 e. The average Bonchev–Trinajstić information content (AvgIpc) is 2.28. The van der Waals surface area contributed by atoms with Crippen LogP contribution in [0.4, 0.5) is 0 Å². The Morgan fingerprint density at radius 1 is 1.27 bits per heavy atom. The SMILES string of the molecule is CCc1cccc(CC(=O)CBr)c1CBr. The number of halogens is 2. The van der Waals surface area contributed by atoms with Gasteiger partial charge in [-0.2, -0.15) is 0 Å². The van der Waals surface area contributed by atoms with Crippen LogP contribution >= 0.6 is 31.9 Å². The zero-order valence-corrected chi connectivity index (χ0v) is 11.9. The second-order valence-corrected chi connectivity index (χ2v) is 4.51. The molecule has 1 aromatic carbocycles. The Bertz CT molecular complexity index is 347. The van der Waals surface area contributed by atoms with Crippen molar-refractivity contribution in [3.63, 3.8) is 0 Å². The first kappa shape index (κ1) is 12.9. The number of Topliss-reactive ketones (excluding diaryl/α,β-unsaturated/α-hetero) is 1. The molecule has 3 heteroatoms. The number of benzene rings is 1. The molecular formula is C12H14Br2O. The van der Waals surface area contributed by atoms with E-state index in [2.05, 4.69) is 44.8 Å². The molecule has 0 heterocycles. The zero-order valence-electron chi connectivity index (χ0n) is 8.72. The molecule has 15 heavy (non-hydrogen) atoms. The third-order valence-electron chi connectivity index (χ3n) is 2.42. The van der Waals surface area contributed by atoms with Gasteiger partial charge in [0.05, 0.1) is 5.33 Å². The average molecular weight is 334 g/mol. The van der Waals surface area contributed by atoms with E-state index in [4.69, 9.17) is 0 Å². The molecule has 0 amide bonds. The molecule has 0 atom stereocenters. The Hall–Kier alpha value is -0.150. The van der Waals surface area contributed by atoms with E-state index in [1.165, 1.54) is 11.1 Å². The first-order valence-corrected chi connectivity index (χ1v) is 7.20. The lowest BCUT2D eigenvalue weighted by molar-refractivity contribution is -0.115. The Morgan fingerprint density at radius 3 is 2.47 bits per heavy atom. The highest BCUT2D eigenvalue weighted by molar-refractivity contribution is 9.09. The summed E-state index contributed by atoms with van der Waals surface area (Å²) in [6.07, 6.45) is 1.54. The van der Waals surface area contributed by atoms with Gasteiger partial charge in [-0.1, -0.05) is 57.0 Å². The minimum absolute atomic E-state index is 0.227. The monoisotopic (exact) mass is 332 g/mol. The molecular weight excluding hydrogens is 320 g/mol. The summed E-state index contributed by atoms with van der Waals surface area (Å²) < 4.78 is 0.